The van der Waals surface area contributed by atoms with Gasteiger partial charge in [-0.25, -0.2) is 0 Å². The van der Waals surface area contributed by atoms with Crippen LogP contribution in [-0.2, 0) is 0 Å². The smallest absolute Gasteiger partial charge is 0.323 e. The standard InChI is InChI=1S/C15H21N5O/c1-9(2)21-15-19-13(16-5)18-14(20-15)17-12-7-6-10(3)8-11(12)4/h6-9H,1-5H3,(H2,16,17,18,19,20). The van der Waals surface area contributed by atoms with Gasteiger partial charge in [-0.05, 0) is 39.3 Å². The monoisotopic (exact) mass is 287 g/mol. The van der Waals surface area contributed by atoms with E-state index in [-0.39, 0.29) is 6.10 Å². The number of hydrogen-bond acceptors (Lipinski definition) is 6. The Kier molecular flexibility index (Phi) is 4.57. The van der Waals surface area contributed by atoms with E-state index >= 15 is 0 Å². The molecule has 0 spiro atoms. The first-order chi connectivity index (χ1) is 9.97. The van der Waals surface area contributed by atoms with E-state index in [1.54, 1.807) is 7.05 Å². The molecular weight excluding hydrogens is 266 g/mol. The molecule has 0 saturated heterocycles. The summed E-state index contributed by atoms with van der Waals surface area (Å²) >= 11 is 0. The maximum atomic E-state index is 5.54. The Hall–Kier alpha value is -2.37. The second kappa shape index (κ2) is 6.39. The van der Waals surface area contributed by atoms with Gasteiger partial charge in [0, 0.05) is 12.7 Å². The second-order valence-electron chi connectivity index (χ2n) is 5.13. The molecule has 0 atom stereocenters. The Morgan fingerprint density at radius 1 is 1.05 bits per heavy atom. The summed E-state index contributed by atoms with van der Waals surface area (Å²) in [5.74, 6) is 0.921. The van der Waals surface area contributed by atoms with Gasteiger partial charge in [-0.2, -0.15) is 15.0 Å². The van der Waals surface area contributed by atoms with Crippen molar-refractivity contribution >= 4 is 17.6 Å². The van der Waals surface area contributed by atoms with Crippen LogP contribution in [-0.4, -0.2) is 28.1 Å². The van der Waals surface area contributed by atoms with Crippen molar-refractivity contribution < 1.29 is 4.74 Å². The lowest BCUT2D eigenvalue weighted by atomic mass is 10.1. The van der Waals surface area contributed by atoms with Crippen LogP contribution in [0.5, 0.6) is 6.01 Å². The van der Waals surface area contributed by atoms with Crippen LogP contribution in [0.4, 0.5) is 17.6 Å². The summed E-state index contributed by atoms with van der Waals surface area (Å²) in [6.07, 6.45) is 0.00562. The van der Waals surface area contributed by atoms with Crippen LogP contribution in [0.15, 0.2) is 18.2 Å². The molecule has 0 aliphatic rings. The van der Waals surface area contributed by atoms with Crippen LogP contribution < -0.4 is 15.4 Å². The highest BCUT2D eigenvalue weighted by molar-refractivity contribution is 5.59. The fourth-order valence-electron chi connectivity index (χ4n) is 1.86. The van der Waals surface area contributed by atoms with Crippen LogP contribution in [0, 0.1) is 13.8 Å². The molecule has 0 bridgehead atoms. The van der Waals surface area contributed by atoms with Crippen molar-refractivity contribution in [2.24, 2.45) is 0 Å². The van der Waals surface area contributed by atoms with Gasteiger partial charge in [-0.15, -0.1) is 0 Å². The molecule has 0 saturated carbocycles. The summed E-state index contributed by atoms with van der Waals surface area (Å²) in [7, 11) is 1.76. The molecule has 0 unspecified atom stereocenters. The van der Waals surface area contributed by atoms with Crippen LogP contribution in [0.1, 0.15) is 25.0 Å². The number of anilines is 3. The van der Waals surface area contributed by atoms with Crippen LogP contribution in [0.3, 0.4) is 0 Å². The number of aryl methyl sites for hydroxylation is 2. The first-order valence-corrected chi connectivity index (χ1v) is 6.92. The highest BCUT2D eigenvalue weighted by Gasteiger charge is 2.09. The minimum atomic E-state index is 0.00562. The Morgan fingerprint density at radius 2 is 1.76 bits per heavy atom. The molecule has 2 rings (SSSR count). The van der Waals surface area contributed by atoms with Crippen LogP contribution >= 0.6 is 0 Å². The van der Waals surface area contributed by atoms with Crippen molar-refractivity contribution in [3.8, 4) is 6.01 Å². The molecule has 1 aromatic carbocycles. The molecule has 1 aromatic heterocycles. The first-order valence-electron chi connectivity index (χ1n) is 6.92. The van der Waals surface area contributed by atoms with Gasteiger partial charge < -0.3 is 15.4 Å². The van der Waals surface area contributed by atoms with E-state index in [0.717, 1.165) is 11.3 Å². The van der Waals surface area contributed by atoms with Crippen molar-refractivity contribution in [1.82, 2.24) is 15.0 Å². The van der Waals surface area contributed by atoms with E-state index in [0.29, 0.717) is 17.9 Å². The van der Waals surface area contributed by atoms with Gasteiger partial charge in [0.05, 0.1) is 6.10 Å². The zero-order chi connectivity index (χ0) is 15.4. The van der Waals surface area contributed by atoms with Gasteiger partial charge in [0.2, 0.25) is 11.9 Å². The van der Waals surface area contributed by atoms with E-state index < -0.39 is 0 Å². The molecule has 2 aromatic rings. The highest BCUT2D eigenvalue weighted by atomic mass is 16.5. The highest BCUT2D eigenvalue weighted by Crippen LogP contribution is 2.21. The third-order valence-corrected chi connectivity index (χ3v) is 2.81. The lowest BCUT2D eigenvalue weighted by Gasteiger charge is -2.12. The lowest BCUT2D eigenvalue weighted by Crippen LogP contribution is -2.12. The maximum Gasteiger partial charge on any atom is 0.323 e. The van der Waals surface area contributed by atoms with Crippen molar-refractivity contribution in [2.75, 3.05) is 17.7 Å². The zero-order valence-electron chi connectivity index (χ0n) is 13.1. The van der Waals surface area contributed by atoms with Crippen LogP contribution in [0.25, 0.3) is 0 Å². The molecule has 0 aliphatic carbocycles. The average molecular weight is 287 g/mol. The zero-order valence-corrected chi connectivity index (χ0v) is 13.1. The quantitative estimate of drug-likeness (QED) is 0.880. The minimum absolute atomic E-state index is 0.00562. The summed E-state index contributed by atoms with van der Waals surface area (Å²) in [5, 5.41) is 6.11. The molecule has 6 nitrogen and oxygen atoms in total. The minimum Gasteiger partial charge on any atom is -0.461 e. The van der Waals surface area contributed by atoms with E-state index in [9.17, 15) is 0 Å². The number of nitrogens with one attached hydrogen (secondary N) is 2. The first kappa shape index (κ1) is 15.0. The average Bonchev–Trinajstić information content (AvgIpc) is 2.41. The SMILES string of the molecule is CNc1nc(Nc2ccc(C)cc2C)nc(OC(C)C)n1. The maximum absolute atomic E-state index is 5.54. The summed E-state index contributed by atoms with van der Waals surface area (Å²) < 4.78 is 5.54. The predicted octanol–water partition coefficient (Wildman–Crippen LogP) is 3.06. The molecule has 0 aliphatic heterocycles. The van der Waals surface area contributed by atoms with Gasteiger partial charge in [-0.3, -0.25) is 0 Å². The summed E-state index contributed by atoms with van der Waals surface area (Å²) in [5.41, 5.74) is 3.31. The van der Waals surface area contributed by atoms with Gasteiger partial charge in [-0.1, -0.05) is 17.7 Å². The molecule has 0 radical (unpaired) electrons. The molecule has 0 fully saturated rings. The lowest BCUT2D eigenvalue weighted by molar-refractivity contribution is 0.222. The molecule has 112 valence electrons. The van der Waals surface area contributed by atoms with Gasteiger partial charge in [0.15, 0.2) is 0 Å². The van der Waals surface area contributed by atoms with Crippen molar-refractivity contribution in [2.45, 2.75) is 33.8 Å². The van der Waals surface area contributed by atoms with Gasteiger partial charge >= 0.3 is 6.01 Å². The Morgan fingerprint density at radius 3 is 2.38 bits per heavy atom. The Labute approximate surface area is 125 Å². The predicted molar refractivity (Wildman–Crippen MR) is 84.3 cm³/mol. The molecular formula is C15H21N5O. The number of rotatable bonds is 5. The number of nitrogens with zero attached hydrogens (tertiary/aromatic N) is 3. The summed E-state index contributed by atoms with van der Waals surface area (Å²) in [6, 6.07) is 6.46. The van der Waals surface area contributed by atoms with Crippen molar-refractivity contribution in [3.05, 3.63) is 29.3 Å². The third-order valence-electron chi connectivity index (χ3n) is 2.81. The number of benzene rings is 1. The molecule has 1 heterocycles. The number of hydrogen-bond donors (Lipinski definition) is 2. The van der Waals surface area contributed by atoms with Crippen molar-refractivity contribution in [1.29, 1.82) is 0 Å². The summed E-state index contributed by atoms with van der Waals surface area (Å²) in [6.45, 7) is 7.97. The van der Waals surface area contributed by atoms with E-state index in [1.807, 2.05) is 32.9 Å². The van der Waals surface area contributed by atoms with Gasteiger partial charge in [0.25, 0.3) is 0 Å². The van der Waals surface area contributed by atoms with Crippen LogP contribution in [0.2, 0.25) is 0 Å². The normalized spacial score (nSPS) is 10.6. The molecule has 2 N–H and O–H groups in total. The fraction of sp³-hybridized carbons (Fsp3) is 0.400. The van der Waals surface area contributed by atoms with Crippen molar-refractivity contribution in [3.63, 3.8) is 0 Å². The second-order valence-corrected chi connectivity index (χ2v) is 5.13. The topological polar surface area (TPSA) is 72.0 Å². The van der Waals surface area contributed by atoms with E-state index in [1.165, 1.54) is 5.56 Å². The molecule has 6 heteroatoms. The van der Waals surface area contributed by atoms with Gasteiger partial charge in [0.1, 0.15) is 0 Å². The Bertz CT molecular complexity index is 627. The number of aromatic nitrogens is 3. The molecule has 21 heavy (non-hydrogen) atoms. The number of ether oxygens (including phenoxy) is 1. The third kappa shape index (κ3) is 4.05. The largest absolute Gasteiger partial charge is 0.461 e. The van der Waals surface area contributed by atoms with E-state index in [4.69, 9.17) is 4.74 Å². The fourth-order valence-corrected chi connectivity index (χ4v) is 1.86. The Balaban J connectivity index is 2.29. The molecule has 0 amide bonds. The van der Waals surface area contributed by atoms with E-state index in [2.05, 4.69) is 38.6 Å². The summed E-state index contributed by atoms with van der Waals surface area (Å²) in [4.78, 5) is 12.8.